The van der Waals surface area contributed by atoms with Crippen molar-refractivity contribution >= 4 is 13.7 Å². The number of nitrogens with two attached hydrogens (primary N) is 1. The van der Waals surface area contributed by atoms with Gasteiger partial charge < -0.3 is 26.2 Å². The molecule has 6 N–H and O–H groups in total. The highest BCUT2D eigenvalue weighted by atomic mass is 31.2. The highest BCUT2D eigenvalue weighted by molar-refractivity contribution is 7.47. The molecular weight excluding hydrogens is 784 g/mol. The molecule has 0 fully saturated rings. The van der Waals surface area contributed by atoms with E-state index in [1.54, 1.807) is 6.08 Å². The Morgan fingerprint density at radius 2 is 0.934 bits per heavy atom. The molecule has 0 bridgehead atoms. The summed E-state index contributed by atoms with van der Waals surface area (Å²) in [6, 6.07) is -1.00. The average molecular weight is 883 g/mol. The summed E-state index contributed by atoms with van der Waals surface area (Å²) < 4.78 is 22.1. The van der Waals surface area contributed by atoms with Gasteiger partial charge in [0.1, 0.15) is 0 Å². The predicted octanol–water partition coefficient (Wildman–Crippen LogP) is 14.0. The zero-order valence-corrected chi connectivity index (χ0v) is 40.7. The van der Waals surface area contributed by atoms with Gasteiger partial charge in [-0.15, -0.1) is 0 Å². The topological polar surface area (TPSA) is 151 Å². The zero-order valence-electron chi connectivity index (χ0n) is 39.8. The number of carbonyl (C=O) groups is 1. The molecule has 0 radical (unpaired) electrons. The van der Waals surface area contributed by atoms with Crippen LogP contribution in [0.25, 0.3) is 0 Å². The molecule has 0 aromatic carbocycles. The van der Waals surface area contributed by atoms with Gasteiger partial charge in [-0.3, -0.25) is 13.8 Å². The molecule has 0 aliphatic carbocycles. The number of aliphatic hydroxyl groups excluding tert-OH is 2. The number of carbonyl (C=O) groups excluding carboxylic acids is 1. The van der Waals surface area contributed by atoms with E-state index in [9.17, 15) is 24.5 Å². The summed E-state index contributed by atoms with van der Waals surface area (Å²) in [5.74, 6) is -0.456. The van der Waals surface area contributed by atoms with Crippen LogP contribution in [0.5, 0.6) is 0 Å². The molecule has 0 aliphatic rings. The summed E-state index contributed by atoms with van der Waals surface area (Å²) in [5, 5.41) is 24.1. The molecule has 360 valence electrons. The summed E-state index contributed by atoms with van der Waals surface area (Å²) in [6.45, 7) is 3.97. The first kappa shape index (κ1) is 59.7. The molecule has 61 heavy (non-hydrogen) atoms. The second kappa shape index (κ2) is 46.7. The number of allylic oxidation sites excluding steroid dienone is 5. The van der Waals surface area contributed by atoms with E-state index in [4.69, 9.17) is 14.8 Å². The summed E-state index contributed by atoms with van der Waals surface area (Å²) in [5.41, 5.74) is 5.38. The van der Waals surface area contributed by atoms with Crippen LogP contribution >= 0.6 is 7.82 Å². The Kier molecular flexibility index (Phi) is 45.7. The van der Waals surface area contributed by atoms with E-state index in [0.717, 1.165) is 44.9 Å². The van der Waals surface area contributed by atoms with Crippen molar-refractivity contribution in [3.8, 4) is 0 Å². The molecule has 4 atom stereocenters. The summed E-state index contributed by atoms with van der Waals surface area (Å²) >= 11 is 0. The second-order valence-electron chi connectivity index (χ2n) is 17.6. The van der Waals surface area contributed by atoms with Crippen LogP contribution in [-0.2, 0) is 18.4 Å². The zero-order chi connectivity index (χ0) is 44.8. The van der Waals surface area contributed by atoms with Gasteiger partial charge in [-0.05, 0) is 44.9 Å². The third-order valence-electron chi connectivity index (χ3n) is 11.5. The highest BCUT2D eigenvalue weighted by Gasteiger charge is 2.27. The fourth-order valence-electron chi connectivity index (χ4n) is 7.62. The van der Waals surface area contributed by atoms with Crippen molar-refractivity contribution in [3.05, 3.63) is 36.5 Å². The normalized spacial score (nSPS) is 14.7. The van der Waals surface area contributed by atoms with Gasteiger partial charge in [0.25, 0.3) is 0 Å². The van der Waals surface area contributed by atoms with Crippen molar-refractivity contribution in [3.63, 3.8) is 0 Å². The molecule has 0 spiro atoms. The van der Waals surface area contributed by atoms with Crippen LogP contribution in [0.15, 0.2) is 36.5 Å². The Balaban J connectivity index is 4.22. The lowest BCUT2D eigenvalue weighted by Crippen LogP contribution is -2.46. The number of nitrogens with one attached hydrogen (secondary N) is 1. The molecule has 0 aromatic rings. The number of rotatable bonds is 48. The Bertz CT molecular complexity index is 1070. The summed E-state index contributed by atoms with van der Waals surface area (Å²) in [6.07, 6.45) is 53.9. The summed E-state index contributed by atoms with van der Waals surface area (Å²) in [7, 11) is -4.42. The van der Waals surface area contributed by atoms with Crippen LogP contribution in [0.3, 0.4) is 0 Å². The van der Waals surface area contributed by atoms with Crippen molar-refractivity contribution in [2.45, 2.75) is 263 Å². The molecular formula is C51H99N2O7P. The van der Waals surface area contributed by atoms with Gasteiger partial charge in [0.15, 0.2) is 0 Å². The maximum absolute atomic E-state index is 12.9. The third-order valence-corrected chi connectivity index (χ3v) is 12.5. The number of phosphoric acid groups is 1. The number of aliphatic hydroxyl groups is 2. The molecule has 1 amide bonds. The molecule has 0 saturated carbocycles. The standard InChI is InChI=1S/C51H99N2O7P/c1-3-5-7-9-11-13-15-17-19-21-23-24-25-26-28-30-32-34-36-38-40-42-48(54)46-51(56)53-49(47-60-61(57,58)59-45-44-52)50(55)43-41-39-37-35-33-31-29-27-22-20-18-16-14-12-10-8-6-4-2/h22,27,33,35,41,43,48-50,54-55H,3-21,23-26,28-32,34,36-40,42,44-47,52H2,1-2H3,(H,53,56)(H,57,58)/b27-22+,35-33+,43-41+. The average Bonchev–Trinajstić information content (AvgIpc) is 3.24. The maximum atomic E-state index is 12.9. The first-order chi connectivity index (χ1) is 29.8. The fraction of sp³-hybridized carbons (Fsp3) is 0.863. The van der Waals surface area contributed by atoms with E-state index in [0.29, 0.717) is 12.8 Å². The minimum Gasteiger partial charge on any atom is -0.393 e. The van der Waals surface area contributed by atoms with E-state index in [-0.39, 0.29) is 19.6 Å². The van der Waals surface area contributed by atoms with Crippen LogP contribution in [0.1, 0.15) is 245 Å². The predicted molar refractivity (Wildman–Crippen MR) is 260 cm³/mol. The van der Waals surface area contributed by atoms with Crippen LogP contribution in [-0.4, -0.2) is 59.0 Å². The third kappa shape index (κ3) is 45.1. The van der Waals surface area contributed by atoms with Gasteiger partial charge in [-0.1, -0.05) is 230 Å². The SMILES string of the molecule is CCCCCCCCCC/C=C/CC/C=C/CC/C=C/C(O)C(COP(=O)(O)OCCN)NC(=O)CC(O)CCCCCCCCCCCCCCCCCCCCCCC. The number of phosphoric ester groups is 1. The van der Waals surface area contributed by atoms with Crippen LogP contribution < -0.4 is 11.1 Å². The van der Waals surface area contributed by atoms with Gasteiger partial charge in [0.05, 0.1) is 37.9 Å². The largest absolute Gasteiger partial charge is 0.472 e. The lowest BCUT2D eigenvalue weighted by atomic mass is 10.0. The monoisotopic (exact) mass is 883 g/mol. The number of amides is 1. The van der Waals surface area contributed by atoms with Crippen molar-refractivity contribution in [2.75, 3.05) is 19.8 Å². The number of hydrogen-bond donors (Lipinski definition) is 5. The molecule has 9 nitrogen and oxygen atoms in total. The van der Waals surface area contributed by atoms with E-state index in [1.165, 1.54) is 167 Å². The Morgan fingerprint density at radius 1 is 0.557 bits per heavy atom. The van der Waals surface area contributed by atoms with Crippen molar-refractivity contribution < 1.29 is 33.5 Å². The molecule has 0 aromatic heterocycles. The number of hydrogen-bond acceptors (Lipinski definition) is 7. The molecule has 0 rings (SSSR count). The molecule has 0 aliphatic heterocycles. The lowest BCUT2D eigenvalue weighted by molar-refractivity contribution is -0.124. The van der Waals surface area contributed by atoms with Gasteiger partial charge in [0.2, 0.25) is 5.91 Å². The van der Waals surface area contributed by atoms with Gasteiger partial charge in [0, 0.05) is 6.54 Å². The fourth-order valence-corrected chi connectivity index (χ4v) is 8.38. The minimum absolute atomic E-state index is 0.0430. The first-order valence-corrected chi connectivity index (χ1v) is 27.2. The van der Waals surface area contributed by atoms with Crippen molar-refractivity contribution in [1.82, 2.24) is 5.32 Å². The lowest BCUT2D eigenvalue weighted by Gasteiger charge is -2.24. The smallest absolute Gasteiger partial charge is 0.393 e. The van der Waals surface area contributed by atoms with Crippen LogP contribution in [0.4, 0.5) is 0 Å². The van der Waals surface area contributed by atoms with Crippen molar-refractivity contribution in [1.29, 1.82) is 0 Å². The minimum atomic E-state index is -4.42. The highest BCUT2D eigenvalue weighted by Crippen LogP contribution is 2.43. The molecule has 4 unspecified atom stereocenters. The van der Waals surface area contributed by atoms with Crippen LogP contribution in [0, 0.1) is 0 Å². The van der Waals surface area contributed by atoms with Gasteiger partial charge in [-0.2, -0.15) is 0 Å². The molecule has 0 saturated heterocycles. The van der Waals surface area contributed by atoms with Crippen molar-refractivity contribution in [2.24, 2.45) is 5.73 Å². The maximum Gasteiger partial charge on any atom is 0.472 e. The quantitative estimate of drug-likeness (QED) is 0.0230. The Labute approximate surface area is 376 Å². The van der Waals surface area contributed by atoms with E-state index < -0.39 is 38.6 Å². The second-order valence-corrected chi connectivity index (χ2v) is 19.0. The van der Waals surface area contributed by atoms with E-state index >= 15 is 0 Å². The first-order valence-electron chi connectivity index (χ1n) is 25.7. The van der Waals surface area contributed by atoms with Crippen LogP contribution in [0.2, 0.25) is 0 Å². The molecule has 0 heterocycles. The van der Waals surface area contributed by atoms with E-state index in [2.05, 4.69) is 43.5 Å². The molecule has 10 heteroatoms. The van der Waals surface area contributed by atoms with Gasteiger partial charge in [-0.25, -0.2) is 4.57 Å². The van der Waals surface area contributed by atoms with Gasteiger partial charge >= 0.3 is 7.82 Å². The van der Waals surface area contributed by atoms with E-state index in [1.807, 2.05) is 6.08 Å². The Morgan fingerprint density at radius 3 is 1.36 bits per heavy atom. The summed E-state index contributed by atoms with van der Waals surface area (Å²) in [4.78, 5) is 22.8. The Hall–Kier alpha value is -1.32. The number of unbranched alkanes of at least 4 members (excludes halogenated alkanes) is 30.